The number of thiophene rings is 1. The van der Waals surface area contributed by atoms with Crippen molar-refractivity contribution < 1.29 is 23.9 Å². The first kappa shape index (κ1) is 24.2. The number of esters is 2. The minimum atomic E-state index is -0.592. The summed E-state index contributed by atoms with van der Waals surface area (Å²) in [6, 6.07) is 0. The molecule has 1 amide bonds. The second kappa shape index (κ2) is 11.5. The van der Waals surface area contributed by atoms with Gasteiger partial charge in [-0.1, -0.05) is 37.4 Å². The Kier molecular flexibility index (Phi) is 8.68. The number of hydrogen-bond acceptors (Lipinski definition) is 9. The molecule has 11 heteroatoms. The van der Waals surface area contributed by atoms with E-state index in [9.17, 15) is 14.4 Å². The number of nitrogens with zero attached hydrogens (tertiary/aromatic N) is 2. The van der Waals surface area contributed by atoms with Gasteiger partial charge in [-0.2, -0.15) is 0 Å². The zero-order valence-electron chi connectivity index (χ0n) is 18.5. The maximum Gasteiger partial charge on any atom is 0.348 e. The first-order valence-electron chi connectivity index (χ1n) is 10.7. The predicted molar refractivity (Wildman–Crippen MR) is 122 cm³/mol. The van der Waals surface area contributed by atoms with E-state index < -0.39 is 11.9 Å². The van der Waals surface area contributed by atoms with Gasteiger partial charge in [0, 0.05) is 6.42 Å². The number of ether oxygens (including phenoxy) is 2. The van der Waals surface area contributed by atoms with E-state index in [0.717, 1.165) is 23.6 Å². The SMILES string of the molecule is CCOC(=O)c1sc(NC(=O)CSc2n[nH]c(CC3CCCC3)n2)c(C(=O)OCC)c1C. The topological polar surface area (TPSA) is 123 Å². The number of anilines is 1. The molecule has 3 rings (SSSR count). The molecular weight excluding hydrogens is 452 g/mol. The summed E-state index contributed by atoms with van der Waals surface area (Å²) in [5.74, 6) is 0.100. The van der Waals surface area contributed by atoms with Gasteiger partial charge >= 0.3 is 11.9 Å². The van der Waals surface area contributed by atoms with Crippen LogP contribution in [0.3, 0.4) is 0 Å². The van der Waals surface area contributed by atoms with Crippen molar-refractivity contribution in [3.05, 3.63) is 21.8 Å². The fourth-order valence-electron chi connectivity index (χ4n) is 3.66. The summed E-state index contributed by atoms with van der Waals surface area (Å²) < 4.78 is 10.2. The van der Waals surface area contributed by atoms with E-state index in [1.54, 1.807) is 20.8 Å². The monoisotopic (exact) mass is 480 g/mol. The third kappa shape index (κ3) is 6.10. The average Bonchev–Trinajstić information content (AvgIpc) is 3.48. The Balaban J connectivity index is 1.64. The molecule has 1 saturated carbocycles. The zero-order valence-corrected chi connectivity index (χ0v) is 20.1. The lowest BCUT2D eigenvalue weighted by Gasteiger charge is -2.06. The largest absolute Gasteiger partial charge is 0.462 e. The van der Waals surface area contributed by atoms with Crippen molar-refractivity contribution in [3.63, 3.8) is 0 Å². The van der Waals surface area contributed by atoms with E-state index in [1.807, 2.05) is 0 Å². The fourth-order valence-corrected chi connectivity index (χ4v) is 5.38. The van der Waals surface area contributed by atoms with Gasteiger partial charge in [-0.3, -0.25) is 9.89 Å². The molecule has 2 N–H and O–H groups in total. The van der Waals surface area contributed by atoms with Crippen LogP contribution in [0.15, 0.2) is 5.16 Å². The third-order valence-corrected chi connectivity index (χ3v) is 7.18. The maximum absolute atomic E-state index is 12.6. The number of amides is 1. The number of carbonyl (C=O) groups excluding carboxylic acids is 3. The van der Waals surface area contributed by atoms with E-state index in [-0.39, 0.29) is 40.3 Å². The molecule has 1 aliphatic rings. The molecule has 0 saturated heterocycles. The van der Waals surface area contributed by atoms with Crippen LogP contribution in [-0.2, 0) is 20.7 Å². The first-order valence-corrected chi connectivity index (χ1v) is 12.5. The molecule has 0 atom stereocenters. The molecule has 1 aliphatic carbocycles. The second-order valence-corrected chi connectivity index (χ2v) is 9.42. The van der Waals surface area contributed by atoms with Crippen molar-refractivity contribution in [2.45, 2.75) is 58.0 Å². The summed E-state index contributed by atoms with van der Waals surface area (Å²) in [4.78, 5) is 42.0. The van der Waals surface area contributed by atoms with Crippen molar-refractivity contribution in [1.82, 2.24) is 15.2 Å². The number of thioether (sulfide) groups is 1. The van der Waals surface area contributed by atoms with Crippen LogP contribution in [0, 0.1) is 12.8 Å². The molecule has 32 heavy (non-hydrogen) atoms. The van der Waals surface area contributed by atoms with Crippen molar-refractivity contribution in [2.24, 2.45) is 5.92 Å². The highest BCUT2D eigenvalue weighted by Gasteiger charge is 2.27. The highest BCUT2D eigenvalue weighted by molar-refractivity contribution is 7.99. The van der Waals surface area contributed by atoms with Crippen LogP contribution in [0.4, 0.5) is 5.00 Å². The molecule has 174 valence electrons. The van der Waals surface area contributed by atoms with E-state index in [2.05, 4.69) is 20.5 Å². The van der Waals surface area contributed by atoms with Crippen LogP contribution >= 0.6 is 23.1 Å². The third-order valence-electron chi connectivity index (χ3n) is 5.14. The fraction of sp³-hybridized carbons (Fsp3) is 0.571. The lowest BCUT2D eigenvalue weighted by Crippen LogP contribution is -2.16. The normalized spacial score (nSPS) is 13.8. The molecule has 2 aromatic heterocycles. The highest BCUT2D eigenvalue weighted by Crippen LogP contribution is 2.34. The standard InChI is InChI=1S/C21H28N4O5S2/c1-4-29-19(27)16-12(3)17(20(28)30-5-2)32-18(16)23-15(26)11-31-21-22-14(24-25-21)10-13-8-6-7-9-13/h13H,4-11H2,1-3H3,(H,23,26)(H,22,24,25). The van der Waals surface area contributed by atoms with Crippen LogP contribution in [0.2, 0.25) is 0 Å². The lowest BCUT2D eigenvalue weighted by atomic mass is 10.0. The van der Waals surface area contributed by atoms with E-state index in [4.69, 9.17) is 9.47 Å². The summed E-state index contributed by atoms with van der Waals surface area (Å²) in [6.07, 6.45) is 5.88. The summed E-state index contributed by atoms with van der Waals surface area (Å²) in [7, 11) is 0. The minimum absolute atomic E-state index is 0.0642. The smallest absolute Gasteiger partial charge is 0.348 e. The average molecular weight is 481 g/mol. The van der Waals surface area contributed by atoms with Gasteiger partial charge in [-0.15, -0.1) is 16.4 Å². The molecule has 9 nitrogen and oxygen atoms in total. The van der Waals surface area contributed by atoms with Crippen molar-refractivity contribution in [2.75, 3.05) is 24.3 Å². The number of H-pyrrole nitrogens is 1. The number of carbonyl (C=O) groups is 3. The molecule has 2 heterocycles. The molecule has 0 aliphatic heterocycles. The molecule has 0 unspecified atom stereocenters. The number of rotatable bonds is 10. The van der Waals surface area contributed by atoms with Crippen LogP contribution in [0.1, 0.15) is 70.9 Å². The Bertz CT molecular complexity index is 966. The maximum atomic E-state index is 12.6. The quantitative estimate of drug-likeness (QED) is 0.386. The van der Waals surface area contributed by atoms with Crippen LogP contribution < -0.4 is 5.32 Å². The van der Waals surface area contributed by atoms with Gasteiger partial charge in [0.25, 0.3) is 0 Å². The van der Waals surface area contributed by atoms with Crippen molar-refractivity contribution in [3.8, 4) is 0 Å². The lowest BCUT2D eigenvalue weighted by molar-refractivity contribution is -0.113. The molecular formula is C21H28N4O5S2. The van der Waals surface area contributed by atoms with Crippen molar-refractivity contribution in [1.29, 1.82) is 0 Å². The van der Waals surface area contributed by atoms with Gasteiger partial charge in [0.2, 0.25) is 11.1 Å². The molecule has 1 fully saturated rings. The Hall–Kier alpha value is -2.40. The Morgan fingerprint density at radius 3 is 2.53 bits per heavy atom. The van der Waals surface area contributed by atoms with Gasteiger partial charge < -0.3 is 14.8 Å². The Morgan fingerprint density at radius 2 is 1.84 bits per heavy atom. The van der Waals surface area contributed by atoms with Crippen LogP contribution in [0.25, 0.3) is 0 Å². The number of hydrogen-bond donors (Lipinski definition) is 2. The summed E-state index contributed by atoms with van der Waals surface area (Å²) >= 11 is 2.21. The predicted octanol–water partition coefficient (Wildman–Crippen LogP) is 3.99. The Morgan fingerprint density at radius 1 is 1.16 bits per heavy atom. The molecule has 2 aromatic rings. The highest BCUT2D eigenvalue weighted by atomic mass is 32.2. The molecule has 0 radical (unpaired) electrons. The van der Waals surface area contributed by atoms with E-state index >= 15 is 0 Å². The first-order chi connectivity index (χ1) is 15.4. The summed E-state index contributed by atoms with van der Waals surface area (Å²) in [5.41, 5.74) is 0.607. The molecule has 0 spiro atoms. The zero-order chi connectivity index (χ0) is 23.1. The Labute approximate surface area is 195 Å². The van der Waals surface area contributed by atoms with Gasteiger partial charge in [-0.05, 0) is 32.3 Å². The van der Waals surface area contributed by atoms with Gasteiger partial charge in [0.05, 0.1) is 24.5 Å². The van der Waals surface area contributed by atoms with E-state index in [0.29, 0.717) is 16.6 Å². The van der Waals surface area contributed by atoms with Crippen molar-refractivity contribution >= 4 is 45.9 Å². The number of nitrogens with one attached hydrogen (secondary N) is 2. The van der Waals surface area contributed by atoms with Crippen LogP contribution in [-0.4, -0.2) is 52.0 Å². The summed E-state index contributed by atoms with van der Waals surface area (Å²) in [6.45, 7) is 5.43. The second-order valence-electron chi connectivity index (χ2n) is 7.46. The number of aromatic amines is 1. The minimum Gasteiger partial charge on any atom is -0.462 e. The summed E-state index contributed by atoms with van der Waals surface area (Å²) in [5, 5.41) is 10.6. The van der Waals surface area contributed by atoms with Crippen LogP contribution in [0.5, 0.6) is 0 Å². The number of aromatic nitrogens is 3. The van der Waals surface area contributed by atoms with Gasteiger partial charge in [-0.25, -0.2) is 14.6 Å². The van der Waals surface area contributed by atoms with Gasteiger partial charge in [0.1, 0.15) is 15.7 Å². The molecule has 0 aromatic carbocycles. The van der Waals surface area contributed by atoms with E-state index in [1.165, 1.54) is 37.4 Å². The molecule has 0 bridgehead atoms. The van der Waals surface area contributed by atoms with Gasteiger partial charge in [0.15, 0.2) is 0 Å².